The van der Waals surface area contributed by atoms with E-state index < -0.39 is 21.6 Å². The van der Waals surface area contributed by atoms with E-state index in [0.717, 1.165) is 0 Å². The van der Waals surface area contributed by atoms with E-state index in [0.29, 0.717) is 5.75 Å². The SMILES string of the molecule is CC(C)NC(=O)C(C)S(=O)CC(C)(C)N. The van der Waals surface area contributed by atoms with Gasteiger partial charge in [0.05, 0.1) is 0 Å². The summed E-state index contributed by atoms with van der Waals surface area (Å²) in [5.41, 5.74) is 5.25. The highest BCUT2D eigenvalue weighted by atomic mass is 32.2. The van der Waals surface area contributed by atoms with Gasteiger partial charge in [0.15, 0.2) is 0 Å². The van der Waals surface area contributed by atoms with E-state index in [1.807, 2.05) is 13.8 Å². The zero-order valence-electron chi connectivity index (χ0n) is 10.2. The summed E-state index contributed by atoms with van der Waals surface area (Å²) in [5.74, 6) is 0.159. The zero-order valence-corrected chi connectivity index (χ0v) is 11.0. The van der Waals surface area contributed by atoms with Crippen LogP contribution in [0.1, 0.15) is 34.6 Å². The van der Waals surface area contributed by atoms with Crippen molar-refractivity contribution in [1.29, 1.82) is 0 Å². The lowest BCUT2D eigenvalue weighted by atomic mass is 10.1. The minimum atomic E-state index is -1.22. The fourth-order valence-corrected chi connectivity index (χ4v) is 2.30. The van der Waals surface area contributed by atoms with Crippen LogP contribution in [0, 0.1) is 0 Å². The molecule has 0 radical (unpaired) electrons. The van der Waals surface area contributed by atoms with Gasteiger partial charge in [0, 0.05) is 28.1 Å². The molecule has 0 saturated heterocycles. The van der Waals surface area contributed by atoms with Gasteiger partial charge in [-0.3, -0.25) is 9.00 Å². The number of rotatable bonds is 5. The van der Waals surface area contributed by atoms with Crippen molar-refractivity contribution in [2.45, 2.75) is 51.4 Å². The van der Waals surface area contributed by atoms with Gasteiger partial charge >= 0.3 is 0 Å². The molecule has 0 heterocycles. The average molecular weight is 234 g/mol. The van der Waals surface area contributed by atoms with Gasteiger partial charge in [-0.15, -0.1) is 0 Å². The van der Waals surface area contributed by atoms with E-state index in [2.05, 4.69) is 5.32 Å². The Hall–Kier alpha value is -0.420. The predicted molar refractivity (Wildman–Crippen MR) is 64.0 cm³/mol. The standard InChI is InChI=1S/C10H22N2O2S/c1-7(2)12-9(13)8(3)15(14)6-10(4,5)11/h7-8H,6,11H2,1-5H3,(H,12,13). The number of nitrogens with one attached hydrogen (secondary N) is 1. The van der Waals surface area contributed by atoms with Crippen molar-refractivity contribution in [3.05, 3.63) is 0 Å². The average Bonchev–Trinajstić information content (AvgIpc) is 1.98. The van der Waals surface area contributed by atoms with Crippen molar-refractivity contribution >= 4 is 16.7 Å². The van der Waals surface area contributed by atoms with Crippen LogP contribution in [0.3, 0.4) is 0 Å². The van der Waals surface area contributed by atoms with E-state index in [-0.39, 0.29) is 11.9 Å². The Balaban J connectivity index is 4.26. The summed E-state index contributed by atoms with van der Waals surface area (Å²) < 4.78 is 11.8. The number of carbonyl (C=O) groups is 1. The lowest BCUT2D eigenvalue weighted by Crippen LogP contribution is -2.45. The fraction of sp³-hybridized carbons (Fsp3) is 0.900. The summed E-state index contributed by atoms with van der Waals surface area (Å²) in [4.78, 5) is 11.5. The van der Waals surface area contributed by atoms with Crippen LogP contribution in [0.15, 0.2) is 0 Å². The molecular weight excluding hydrogens is 212 g/mol. The number of hydrogen-bond acceptors (Lipinski definition) is 3. The minimum Gasteiger partial charge on any atom is -0.353 e. The summed E-state index contributed by atoms with van der Waals surface area (Å²) in [7, 11) is -1.22. The second-order valence-corrected chi connectivity index (χ2v) is 6.58. The van der Waals surface area contributed by atoms with Crippen LogP contribution in [0.25, 0.3) is 0 Å². The Kier molecular flexibility index (Phi) is 5.45. The molecule has 2 unspecified atom stereocenters. The Bertz CT molecular complexity index is 246. The molecule has 0 fully saturated rings. The molecule has 15 heavy (non-hydrogen) atoms. The Labute approximate surface area is 94.4 Å². The van der Waals surface area contributed by atoms with Crippen molar-refractivity contribution in [3.63, 3.8) is 0 Å². The summed E-state index contributed by atoms with van der Waals surface area (Å²) in [6.07, 6.45) is 0. The van der Waals surface area contributed by atoms with Crippen molar-refractivity contribution in [1.82, 2.24) is 5.32 Å². The van der Waals surface area contributed by atoms with E-state index in [9.17, 15) is 9.00 Å². The van der Waals surface area contributed by atoms with Gasteiger partial charge in [-0.05, 0) is 34.6 Å². The molecule has 0 aromatic heterocycles. The van der Waals surface area contributed by atoms with Gasteiger partial charge in [-0.2, -0.15) is 0 Å². The molecule has 0 aliphatic heterocycles. The van der Waals surface area contributed by atoms with Gasteiger partial charge in [0.2, 0.25) is 5.91 Å². The number of amides is 1. The van der Waals surface area contributed by atoms with Gasteiger partial charge in [-0.25, -0.2) is 0 Å². The third-order valence-electron chi connectivity index (χ3n) is 1.71. The second kappa shape index (κ2) is 5.61. The molecule has 0 aromatic carbocycles. The lowest BCUT2D eigenvalue weighted by Gasteiger charge is -2.21. The van der Waals surface area contributed by atoms with E-state index in [1.165, 1.54) is 0 Å². The van der Waals surface area contributed by atoms with E-state index in [1.54, 1.807) is 20.8 Å². The molecule has 0 saturated carbocycles. The highest BCUT2D eigenvalue weighted by Crippen LogP contribution is 2.05. The van der Waals surface area contributed by atoms with E-state index in [4.69, 9.17) is 5.73 Å². The minimum absolute atomic E-state index is 0.0721. The normalized spacial score (nSPS) is 16.2. The van der Waals surface area contributed by atoms with E-state index >= 15 is 0 Å². The molecule has 4 nitrogen and oxygen atoms in total. The van der Waals surface area contributed by atoms with Crippen molar-refractivity contribution in [3.8, 4) is 0 Å². The molecule has 0 rings (SSSR count). The quantitative estimate of drug-likeness (QED) is 0.722. The Morgan fingerprint density at radius 2 is 1.87 bits per heavy atom. The van der Waals surface area contributed by atoms with Crippen LogP contribution >= 0.6 is 0 Å². The van der Waals surface area contributed by atoms with Crippen molar-refractivity contribution < 1.29 is 9.00 Å². The molecule has 3 N–H and O–H groups in total. The van der Waals surface area contributed by atoms with Crippen molar-refractivity contribution in [2.24, 2.45) is 5.73 Å². The molecule has 0 aliphatic rings. The number of nitrogens with two attached hydrogens (primary N) is 1. The van der Waals surface area contributed by atoms with Crippen LogP contribution in [0.4, 0.5) is 0 Å². The van der Waals surface area contributed by atoms with Crippen molar-refractivity contribution in [2.75, 3.05) is 5.75 Å². The molecule has 0 bridgehead atoms. The molecule has 90 valence electrons. The molecule has 2 atom stereocenters. The van der Waals surface area contributed by atoms with Crippen LogP contribution < -0.4 is 11.1 Å². The summed E-state index contributed by atoms with van der Waals surface area (Å²) in [5, 5.41) is 2.23. The first-order valence-corrected chi connectivity index (χ1v) is 6.48. The molecule has 0 spiro atoms. The monoisotopic (exact) mass is 234 g/mol. The Morgan fingerprint density at radius 3 is 2.20 bits per heavy atom. The first-order valence-electron chi connectivity index (χ1n) is 5.10. The third-order valence-corrected chi connectivity index (χ3v) is 3.74. The largest absolute Gasteiger partial charge is 0.353 e. The maximum Gasteiger partial charge on any atom is 0.235 e. The van der Waals surface area contributed by atoms with Gasteiger partial charge < -0.3 is 11.1 Å². The molecule has 1 amide bonds. The second-order valence-electron chi connectivity index (χ2n) is 4.82. The van der Waals surface area contributed by atoms with Gasteiger partial charge in [0.1, 0.15) is 5.25 Å². The van der Waals surface area contributed by atoms with Crippen LogP contribution in [0.5, 0.6) is 0 Å². The predicted octanol–water partition coefficient (Wildman–Crippen LogP) is 0.386. The summed E-state index contributed by atoms with van der Waals surface area (Å²) >= 11 is 0. The fourth-order valence-electron chi connectivity index (χ4n) is 1.01. The molecule has 5 heteroatoms. The first-order chi connectivity index (χ1) is 6.63. The topological polar surface area (TPSA) is 72.2 Å². The molecular formula is C10H22N2O2S. The number of hydrogen-bond donors (Lipinski definition) is 2. The van der Waals surface area contributed by atoms with Gasteiger partial charge in [0.25, 0.3) is 0 Å². The zero-order chi connectivity index (χ0) is 12.2. The highest BCUT2D eigenvalue weighted by molar-refractivity contribution is 7.86. The lowest BCUT2D eigenvalue weighted by molar-refractivity contribution is -0.120. The first kappa shape index (κ1) is 14.6. The maximum atomic E-state index is 11.8. The van der Waals surface area contributed by atoms with Gasteiger partial charge in [-0.1, -0.05) is 0 Å². The summed E-state index contributed by atoms with van der Waals surface area (Å²) in [6.45, 7) is 9.02. The van der Waals surface area contributed by atoms with Crippen LogP contribution in [-0.4, -0.2) is 32.7 Å². The molecule has 0 aliphatic carbocycles. The molecule has 0 aromatic rings. The highest BCUT2D eigenvalue weighted by Gasteiger charge is 2.24. The van der Waals surface area contributed by atoms with Crippen LogP contribution in [-0.2, 0) is 15.6 Å². The maximum absolute atomic E-state index is 11.8. The van der Waals surface area contributed by atoms with Crippen LogP contribution in [0.2, 0.25) is 0 Å². The summed E-state index contributed by atoms with van der Waals surface area (Å²) in [6, 6.07) is 0.0721. The smallest absolute Gasteiger partial charge is 0.235 e. The third kappa shape index (κ3) is 6.62. The number of carbonyl (C=O) groups excluding carboxylic acids is 1. The Morgan fingerprint density at radius 1 is 1.40 bits per heavy atom.